The van der Waals surface area contributed by atoms with Gasteiger partial charge in [0.1, 0.15) is 0 Å². The average molecular weight is 442 g/mol. The number of Topliss-reactive ketones (excluding diaryl/α,β-unsaturated/α-hetero) is 1. The Morgan fingerprint density at radius 3 is 2.45 bits per heavy atom. The van der Waals surface area contributed by atoms with Crippen molar-refractivity contribution in [2.45, 2.75) is 50.6 Å². The van der Waals surface area contributed by atoms with E-state index in [1.54, 1.807) is 6.20 Å². The lowest BCUT2D eigenvalue weighted by Gasteiger charge is -2.29. The number of ketones is 1. The van der Waals surface area contributed by atoms with E-state index in [4.69, 9.17) is 5.73 Å². The number of aromatic amines is 2. The lowest BCUT2D eigenvalue weighted by Crippen LogP contribution is -2.33. The van der Waals surface area contributed by atoms with Crippen LogP contribution in [-0.4, -0.2) is 32.8 Å². The van der Waals surface area contributed by atoms with E-state index in [0.29, 0.717) is 11.6 Å². The molecule has 2 saturated carbocycles. The number of aromatic nitrogens is 3. The zero-order valence-electron chi connectivity index (χ0n) is 18.4. The molecule has 0 unspecified atom stereocenters. The Morgan fingerprint density at radius 2 is 1.67 bits per heavy atom. The first kappa shape index (κ1) is 20.2. The molecule has 5 N–H and O–H groups in total. The monoisotopic (exact) mass is 441 g/mol. The molecule has 0 spiro atoms. The second-order valence-electron chi connectivity index (χ2n) is 9.51. The van der Waals surface area contributed by atoms with E-state index in [-0.39, 0.29) is 23.4 Å². The lowest BCUT2D eigenvalue weighted by atomic mass is 9.91. The molecule has 168 valence electrons. The van der Waals surface area contributed by atoms with Crippen molar-refractivity contribution in [3.8, 4) is 11.1 Å². The number of rotatable bonds is 5. The highest BCUT2D eigenvalue weighted by Gasteiger charge is 2.33. The van der Waals surface area contributed by atoms with Gasteiger partial charge in [0.15, 0.2) is 5.78 Å². The molecule has 7 nitrogen and oxygen atoms in total. The summed E-state index contributed by atoms with van der Waals surface area (Å²) >= 11 is 0. The number of benzene rings is 2. The molecule has 2 aliphatic rings. The van der Waals surface area contributed by atoms with Gasteiger partial charge >= 0.3 is 5.69 Å². The summed E-state index contributed by atoms with van der Waals surface area (Å²) in [4.78, 5) is 35.0. The minimum absolute atomic E-state index is 0.126. The molecule has 0 bridgehead atoms. The van der Waals surface area contributed by atoms with E-state index >= 15 is 0 Å². The number of fused-ring (bicyclic) bond motifs is 2. The average Bonchev–Trinajstić information content (AvgIpc) is 3.60. The Hall–Kier alpha value is -3.45. The fourth-order valence-corrected chi connectivity index (χ4v) is 4.96. The third-order valence-electron chi connectivity index (χ3n) is 7.05. The first-order chi connectivity index (χ1) is 16.0. The van der Waals surface area contributed by atoms with E-state index < -0.39 is 0 Å². The number of carbonyl (C=O) groups excluding carboxylic acids is 1. The number of nitrogens with one attached hydrogen (secondary N) is 3. The third-order valence-corrected chi connectivity index (χ3v) is 7.05. The summed E-state index contributed by atoms with van der Waals surface area (Å²) < 4.78 is 0. The molecule has 0 amide bonds. The van der Waals surface area contributed by atoms with Gasteiger partial charge in [-0.25, -0.2) is 4.79 Å². The maximum atomic E-state index is 13.1. The minimum atomic E-state index is -0.216. The minimum Gasteiger partial charge on any atom is -0.381 e. The second-order valence-corrected chi connectivity index (χ2v) is 9.51. The van der Waals surface area contributed by atoms with E-state index in [9.17, 15) is 9.59 Å². The standard InChI is InChI=1S/C26H27N5O2/c27-17-5-7-18(8-6-17)29-24-19-11-15(16-4-10-22-23(12-16)31-26(33)30-22)3-9-21(19)28-13-20(24)25(32)14-1-2-14/h3-4,9-14,17-18H,1-2,5-8,27H2,(H,28,29)(H2,30,31,33). The number of anilines is 1. The van der Waals surface area contributed by atoms with Crippen molar-refractivity contribution >= 4 is 33.4 Å². The number of imidazole rings is 1. The summed E-state index contributed by atoms with van der Waals surface area (Å²) in [6.07, 6.45) is 7.65. The van der Waals surface area contributed by atoms with Crippen molar-refractivity contribution < 1.29 is 4.79 Å². The van der Waals surface area contributed by atoms with Gasteiger partial charge in [-0.15, -0.1) is 0 Å². The van der Waals surface area contributed by atoms with Crippen molar-refractivity contribution in [2.24, 2.45) is 11.7 Å². The predicted molar refractivity (Wildman–Crippen MR) is 131 cm³/mol. The molecule has 2 aliphatic carbocycles. The van der Waals surface area contributed by atoms with Crippen LogP contribution in [0.3, 0.4) is 0 Å². The highest BCUT2D eigenvalue weighted by molar-refractivity contribution is 6.10. The Labute approximate surface area is 190 Å². The molecular weight excluding hydrogens is 414 g/mol. The molecule has 2 fully saturated rings. The summed E-state index contributed by atoms with van der Waals surface area (Å²) in [6, 6.07) is 12.6. The molecule has 0 saturated heterocycles. The fraction of sp³-hybridized carbons (Fsp3) is 0.346. The van der Waals surface area contributed by atoms with Gasteiger partial charge in [-0.3, -0.25) is 9.78 Å². The number of nitrogens with two attached hydrogens (primary N) is 1. The largest absolute Gasteiger partial charge is 0.381 e. The Balaban J connectivity index is 1.46. The lowest BCUT2D eigenvalue weighted by molar-refractivity contribution is 0.0968. The molecule has 0 radical (unpaired) electrons. The zero-order valence-corrected chi connectivity index (χ0v) is 18.4. The zero-order chi connectivity index (χ0) is 22.5. The van der Waals surface area contributed by atoms with Crippen LogP contribution in [0.15, 0.2) is 47.4 Å². The van der Waals surface area contributed by atoms with Gasteiger partial charge in [-0.2, -0.15) is 0 Å². The summed E-state index contributed by atoms with van der Waals surface area (Å²) in [5.41, 5.74) is 11.9. The predicted octanol–water partition coefficient (Wildman–Crippen LogP) is 4.35. The first-order valence-electron chi connectivity index (χ1n) is 11.8. The number of hydrogen-bond acceptors (Lipinski definition) is 5. The molecule has 6 rings (SSSR count). The number of hydrogen-bond donors (Lipinski definition) is 4. The third kappa shape index (κ3) is 3.82. The van der Waals surface area contributed by atoms with E-state index in [0.717, 1.165) is 77.3 Å². The van der Waals surface area contributed by atoms with E-state index in [1.165, 1.54) is 0 Å². The van der Waals surface area contributed by atoms with Crippen molar-refractivity contribution in [3.63, 3.8) is 0 Å². The van der Waals surface area contributed by atoms with Crippen LogP contribution in [0.2, 0.25) is 0 Å². The quantitative estimate of drug-likeness (QED) is 0.344. The number of H-pyrrole nitrogens is 2. The molecular formula is C26H27N5O2. The maximum absolute atomic E-state index is 13.1. The van der Waals surface area contributed by atoms with Crippen LogP contribution < -0.4 is 16.7 Å². The topological polar surface area (TPSA) is 117 Å². The van der Waals surface area contributed by atoms with Crippen molar-refractivity contribution in [1.29, 1.82) is 0 Å². The summed E-state index contributed by atoms with van der Waals surface area (Å²) in [6.45, 7) is 0. The summed E-state index contributed by atoms with van der Waals surface area (Å²) in [5.74, 6) is 0.316. The molecule has 4 aromatic rings. The highest BCUT2D eigenvalue weighted by Crippen LogP contribution is 2.38. The summed E-state index contributed by atoms with van der Waals surface area (Å²) in [7, 11) is 0. The van der Waals surface area contributed by atoms with Gasteiger partial charge in [0, 0.05) is 29.6 Å². The van der Waals surface area contributed by atoms with Crippen molar-refractivity contribution in [3.05, 3.63) is 58.6 Å². The van der Waals surface area contributed by atoms with Crippen LogP contribution in [0.5, 0.6) is 0 Å². The normalized spacial score (nSPS) is 20.9. The van der Waals surface area contributed by atoms with Crippen LogP contribution in [0.1, 0.15) is 48.9 Å². The van der Waals surface area contributed by atoms with E-state index in [2.05, 4.69) is 26.3 Å². The SMILES string of the molecule is NC1CCC(Nc2c(C(=O)C3CC3)cnc3ccc(-c4ccc5[nH]c(=O)[nH]c5c4)cc23)CC1. The highest BCUT2D eigenvalue weighted by atomic mass is 16.1. The smallest absolute Gasteiger partial charge is 0.323 e. The Morgan fingerprint density at radius 1 is 0.939 bits per heavy atom. The molecule has 2 aromatic heterocycles. The van der Waals surface area contributed by atoms with Gasteiger partial charge in [0.05, 0.1) is 27.8 Å². The number of nitrogens with zero attached hydrogens (tertiary/aromatic N) is 1. The van der Waals surface area contributed by atoms with Gasteiger partial charge < -0.3 is 21.0 Å². The number of carbonyl (C=O) groups is 1. The molecule has 0 aliphatic heterocycles. The molecule has 7 heteroatoms. The molecule has 0 atom stereocenters. The molecule has 2 aromatic carbocycles. The van der Waals surface area contributed by atoms with Crippen LogP contribution >= 0.6 is 0 Å². The fourth-order valence-electron chi connectivity index (χ4n) is 4.96. The van der Waals surface area contributed by atoms with Crippen LogP contribution in [0, 0.1) is 5.92 Å². The first-order valence-corrected chi connectivity index (χ1v) is 11.8. The molecule has 2 heterocycles. The van der Waals surface area contributed by atoms with Crippen molar-refractivity contribution in [2.75, 3.05) is 5.32 Å². The van der Waals surface area contributed by atoms with Crippen LogP contribution in [0.4, 0.5) is 5.69 Å². The van der Waals surface area contributed by atoms with Gasteiger partial charge in [-0.1, -0.05) is 12.1 Å². The van der Waals surface area contributed by atoms with Crippen molar-refractivity contribution in [1.82, 2.24) is 15.0 Å². The van der Waals surface area contributed by atoms with Gasteiger partial charge in [0.2, 0.25) is 0 Å². The van der Waals surface area contributed by atoms with Gasteiger partial charge in [0.25, 0.3) is 0 Å². The number of pyridine rings is 1. The Bertz CT molecular complexity index is 1420. The van der Waals surface area contributed by atoms with Crippen LogP contribution in [0.25, 0.3) is 33.1 Å². The maximum Gasteiger partial charge on any atom is 0.323 e. The van der Waals surface area contributed by atoms with E-state index in [1.807, 2.05) is 30.3 Å². The van der Waals surface area contributed by atoms with Gasteiger partial charge in [-0.05, 0) is 73.9 Å². The Kier molecular flexibility index (Phi) is 4.80. The summed E-state index contributed by atoms with van der Waals surface area (Å²) in [5, 5.41) is 4.67. The second kappa shape index (κ2) is 7.85. The molecule has 33 heavy (non-hydrogen) atoms. The van der Waals surface area contributed by atoms with Crippen LogP contribution in [-0.2, 0) is 0 Å².